The summed E-state index contributed by atoms with van der Waals surface area (Å²) in [5, 5.41) is 6.26. The van der Waals surface area contributed by atoms with Crippen LogP contribution >= 0.6 is 0 Å². The summed E-state index contributed by atoms with van der Waals surface area (Å²) in [6, 6.07) is 8.42. The van der Waals surface area contributed by atoms with E-state index in [-0.39, 0.29) is 5.91 Å². The molecule has 0 unspecified atom stereocenters. The Hall–Kier alpha value is -1.51. The molecule has 2 rings (SSSR count). The van der Waals surface area contributed by atoms with Crippen LogP contribution in [0.4, 0.5) is 5.69 Å². The Balaban J connectivity index is 1.97. The lowest BCUT2D eigenvalue weighted by Gasteiger charge is -2.26. The summed E-state index contributed by atoms with van der Waals surface area (Å²) >= 11 is 0. The Bertz CT molecular complexity index is 390. The van der Waals surface area contributed by atoms with Crippen LogP contribution in [0.15, 0.2) is 24.3 Å². The molecule has 0 fully saturated rings. The molecule has 0 spiro atoms. The van der Waals surface area contributed by atoms with Crippen molar-refractivity contribution in [3.05, 3.63) is 29.8 Å². The smallest absolute Gasteiger partial charge is 0.220 e. The second-order valence-corrected chi connectivity index (χ2v) is 4.49. The molecule has 0 aromatic heterocycles. The number of amides is 1. The Kier molecular flexibility index (Phi) is 4.02. The third-order valence-electron chi connectivity index (χ3n) is 3.30. The van der Waals surface area contributed by atoms with Crippen LogP contribution in [0.1, 0.15) is 37.7 Å². The number of carbonyl (C=O) groups is 1. The van der Waals surface area contributed by atoms with Gasteiger partial charge in [0.15, 0.2) is 0 Å². The number of benzene rings is 1. The van der Waals surface area contributed by atoms with Crippen LogP contribution in [-0.4, -0.2) is 19.0 Å². The first-order valence-electron chi connectivity index (χ1n) is 6.40. The number of nitrogens with one attached hydrogen (secondary N) is 2. The van der Waals surface area contributed by atoms with Crippen LogP contribution in [0.3, 0.4) is 0 Å². The minimum Gasteiger partial charge on any atom is -0.385 e. The van der Waals surface area contributed by atoms with Gasteiger partial charge in [0, 0.05) is 25.2 Å². The van der Waals surface area contributed by atoms with Gasteiger partial charge < -0.3 is 10.6 Å². The van der Waals surface area contributed by atoms with Gasteiger partial charge in [-0.05, 0) is 37.3 Å². The predicted molar refractivity (Wildman–Crippen MR) is 70.2 cm³/mol. The quantitative estimate of drug-likeness (QED) is 0.837. The molecule has 1 atom stereocenters. The molecule has 3 nitrogen and oxygen atoms in total. The lowest BCUT2D eigenvalue weighted by molar-refractivity contribution is -0.121. The van der Waals surface area contributed by atoms with E-state index in [0.29, 0.717) is 12.3 Å². The summed E-state index contributed by atoms with van der Waals surface area (Å²) in [6.07, 6.45) is 2.70. The number of fused-ring (bicyclic) bond motifs is 1. The highest BCUT2D eigenvalue weighted by molar-refractivity contribution is 5.75. The van der Waals surface area contributed by atoms with Crippen molar-refractivity contribution in [1.82, 2.24) is 5.32 Å². The normalized spacial score (nSPS) is 18.1. The third-order valence-corrected chi connectivity index (χ3v) is 3.30. The molecule has 1 aromatic carbocycles. The minimum absolute atomic E-state index is 0.170. The van der Waals surface area contributed by atoms with Crippen molar-refractivity contribution in [2.45, 2.75) is 32.1 Å². The van der Waals surface area contributed by atoms with Gasteiger partial charge in [0.1, 0.15) is 0 Å². The van der Waals surface area contributed by atoms with Gasteiger partial charge in [-0.25, -0.2) is 0 Å². The highest BCUT2D eigenvalue weighted by atomic mass is 16.1. The molecule has 1 aliphatic rings. The number of para-hydroxylation sites is 1. The van der Waals surface area contributed by atoms with Gasteiger partial charge in [-0.2, -0.15) is 0 Å². The molecule has 3 heteroatoms. The largest absolute Gasteiger partial charge is 0.385 e. The topological polar surface area (TPSA) is 41.1 Å². The van der Waals surface area contributed by atoms with E-state index in [0.717, 1.165) is 25.9 Å². The van der Waals surface area contributed by atoms with Crippen molar-refractivity contribution in [2.24, 2.45) is 0 Å². The maximum absolute atomic E-state index is 11.5. The zero-order valence-electron chi connectivity index (χ0n) is 10.3. The summed E-state index contributed by atoms with van der Waals surface area (Å²) < 4.78 is 0. The number of carbonyl (C=O) groups excluding carboxylic acids is 1. The van der Waals surface area contributed by atoms with Gasteiger partial charge in [0.2, 0.25) is 5.91 Å². The van der Waals surface area contributed by atoms with Crippen LogP contribution < -0.4 is 10.6 Å². The molecule has 1 aromatic rings. The van der Waals surface area contributed by atoms with E-state index in [2.05, 4.69) is 34.9 Å². The van der Waals surface area contributed by atoms with Crippen LogP contribution in [0.25, 0.3) is 0 Å². The van der Waals surface area contributed by atoms with Crippen molar-refractivity contribution in [2.75, 3.05) is 18.4 Å². The van der Waals surface area contributed by atoms with Crippen molar-refractivity contribution < 1.29 is 4.79 Å². The van der Waals surface area contributed by atoms with Crippen LogP contribution in [0.2, 0.25) is 0 Å². The number of rotatable bonds is 4. The second-order valence-electron chi connectivity index (χ2n) is 4.49. The third kappa shape index (κ3) is 2.99. The van der Waals surface area contributed by atoms with E-state index in [1.165, 1.54) is 11.3 Å². The summed E-state index contributed by atoms with van der Waals surface area (Å²) in [7, 11) is 0. The Labute approximate surface area is 103 Å². The molecule has 0 saturated heterocycles. The monoisotopic (exact) mass is 232 g/mol. The number of anilines is 1. The first-order valence-corrected chi connectivity index (χ1v) is 6.40. The molecule has 0 aliphatic carbocycles. The van der Waals surface area contributed by atoms with E-state index in [1.807, 2.05) is 6.92 Å². The van der Waals surface area contributed by atoms with E-state index in [9.17, 15) is 4.79 Å². The summed E-state index contributed by atoms with van der Waals surface area (Å²) in [5.41, 5.74) is 2.60. The fraction of sp³-hybridized carbons (Fsp3) is 0.500. The lowest BCUT2D eigenvalue weighted by Crippen LogP contribution is -2.24. The van der Waals surface area contributed by atoms with E-state index >= 15 is 0 Å². The molecular weight excluding hydrogens is 212 g/mol. The summed E-state index contributed by atoms with van der Waals surface area (Å²) in [5.74, 6) is 0.693. The minimum atomic E-state index is 0.170. The van der Waals surface area contributed by atoms with Gasteiger partial charge in [0.05, 0.1) is 0 Å². The Morgan fingerprint density at radius 3 is 3.12 bits per heavy atom. The maximum atomic E-state index is 11.5. The van der Waals surface area contributed by atoms with E-state index in [4.69, 9.17) is 0 Å². The van der Waals surface area contributed by atoms with Crippen molar-refractivity contribution in [3.63, 3.8) is 0 Å². The number of hydrogen-bond acceptors (Lipinski definition) is 2. The van der Waals surface area contributed by atoms with Gasteiger partial charge >= 0.3 is 0 Å². The predicted octanol–water partition coefficient (Wildman–Crippen LogP) is 2.50. The number of hydrogen-bond donors (Lipinski definition) is 2. The standard InChI is InChI=1S/C14H20N2O/c1-2-15-14(17)8-7-11-9-10-16-13-6-4-3-5-12(11)13/h3-6,11,16H,2,7-10H2,1H3,(H,15,17)/t11-/m1/s1. The summed E-state index contributed by atoms with van der Waals surface area (Å²) in [4.78, 5) is 11.5. The molecule has 0 saturated carbocycles. The first-order chi connectivity index (χ1) is 8.31. The van der Waals surface area contributed by atoms with Gasteiger partial charge in [-0.3, -0.25) is 4.79 Å². The molecule has 0 radical (unpaired) electrons. The van der Waals surface area contributed by atoms with Crippen LogP contribution in [0.5, 0.6) is 0 Å². The van der Waals surface area contributed by atoms with Crippen molar-refractivity contribution in [1.29, 1.82) is 0 Å². The maximum Gasteiger partial charge on any atom is 0.220 e. The Morgan fingerprint density at radius 2 is 2.29 bits per heavy atom. The average Bonchev–Trinajstić information content (AvgIpc) is 2.36. The molecule has 17 heavy (non-hydrogen) atoms. The second kappa shape index (κ2) is 5.71. The Morgan fingerprint density at radius 1 is 1.47 bits per heavy atom. The SMILES string of the molecule is CCNC(=O)CC[C@@H]1CCNc2ccccc21. The molecular formula is C14H20N2O. The fourth-order valence-electron chi connectivity index (χ4n) is 2.44. The molecule has 1 heterocycles. The van der Waals surface area contributed by atoms with E-state index in [1.54, 1.807) is 0 Å². The molecule has 0 bridgehead atoms. The van der Waals surface area contributed by atoms with Crippen molar-refractivity contribution >= 4 is 11.6 Å². The zero-order valence-corrected chi connectivity index (χ0v) is 10.3. The zero-order chi connectivity index (χ0) is 12.1. The van der Waals surface area contributed by atoms with Gasteiger partial charge in [-0.1, -0.05) is 18.2 Å². The van der Waals surface area contributed by atoms with Gasteiger partial charge in [-0.15, -0.1) is 0 Å². The fourth-order valence-corrected chi connectivity index (χ4v) is 2.44. The van der Waals surface area contributed by atoms with E-state index < -0.39 is 0 Å². The van der Waals surface area contributed by atoms with Gasteiger partial charge in [0.25, 0.3) is 0 Å². The highest BCUT2D eigenvalue weighted by Crippen LogP contribution is 2.34. The summed E-state index contributed by atoms with van der Waals surface area (Å²) in [6.45, 7) is 3.69. The molecule has 1 aliphatic heterocycles. The first kappa shape index (κ1) is 12.0. The van der Waals surface area contributed by atoms with Crippen LogP contribution in [-0.2, 0) is 4.79 Å². The lowest BCUT2D eigenvalue weighted by atomic mass is 9.87. The highest BCUT2D eigenvalue weighted by Gasteiger charge is 2.19. The van der Waals surface area contributed by atoms with Crippen molar-refractivity contribution in [3.8, 4) is 0 Å². The molecule has 1 amide bonds. The van der Waals surface area contributed by atoms with Crippen LogP contribution in [0, 0.1) is 0 Å². The average molecular weight is 232 g/mol. The molecule has 2 N–H and O–H groups in total. The molecule has 92 valence electrons.